The maximum atomic E-state index is 14.4. The molecule has 0 bridgehead atoms. The van der Waals surface area contributed by atoms with Gasteiger partial charge in [0.1, 0.15) is 0 Å². The molecule has 4 heterocycles. The average Bonchev–Trinajstić information content (AvgIpc) is 3.95. The zero-order chi connectivity index (χ0) is 35.3. The summed E-state index contributed by atoms with van der Waals surface area (Å²) in [6, 6.07) is 44.2. The van der Waals surface area contributed by atoms with Crippen molar-refractivity contribution in [3.05, 3.63) is 211 Å². The number of rotatable bonds is 8. The molecule has 0 spiro atoms. The maximum absolute atomic E-state index is 14.4. The fraction of sp³-hybridized carbons (Fsp3) is 0.0909. The van der Waals surface area contributed by atoms with Crippen LogP contribution in [-0.2, 0) is 0 Å². The molecule has 8 nitrogen and oxygen atoms in total. The molecule has 0 aliphatic heterocycles. The summed E-state index contributed by atoms with van der Waals surface area (Å²) in [5, 5.41) is 8.93. The van der Waals surface area contributed by atoms with Gasteiger partial charge in [-0.05, 0) is 72.5 Å². The predicted octanol–water partition coefficient (Wildman–Crippen LogP) is 8.58. The van der Waals surface area contributed by atoms with E-state index in [9.17, 15) is 9.59 Å². The third-order valence-corrected chi connectivity index (χ3v) is 10.3. The smallest absolute Gasteiger partial charge is 0.275 e. The molecule has 254 valence electrons. The van der Waals surface area contributed by atoms with Gasteiger partial charge in [0.25, 0.3) is 11.1 Å². The van der Waals surface area contributed by atoms with E-state index in [1.165, 1.54) is 11.1 Å². The zero-order valence-corrected chi connectivity index (χ0v) is 28.7. The van der Waals surface area contributed by atoms with Crippen molar-refractivity contribution in [1.29, 1.82) is 0 Å². The van der Waals surface area contributed by atoms with Crippen molar-refractivity contribution in [2.75, 3.05) is 0 Å². The number of hydrogen-bond donors (Lipinski definition) is 4. The Hall–Kier alpha value is -6.80. The van der Waals surface area contributed by atoms with Crippen LogP contribution < -0.4 is 11.1 Å². The lowest BCUT2D eigenvalue weighted by Gasteiger charge is -2.20. The van der Waals surface area contributed by atoms with Crippen LogP contribution in [0.25, 0.3) is 33.2 Å². The van der Waals surface area contributed by atoms with Crippen molar-refractivity contribution in [2.45, 2.75) is 25.7 Å². The Labute approximate surface area is 299 Å². The lowest BCUT2D eigenvalue weighted by Crippen LogP contribution is -2.25. The van der Waals surface area contributed by atoms with Crippen LogP contribution in [0.15, 0.2) is 155 Å². The van der Waals surface area contributed by atoms with Crippen molar-refractivity contribution in [2.24, 2.45) is 0 Å². The molecule has 4 N–H and O–H groups in total. The monoisotopic (exact) mass is 680 g/mol. The molecule has 0 saturated heterocycles. The summed E-state index contributed by atoms with van der Waals surface area (Å²) in [7, 11) is 0. The van der Waals surface area contributed by atoms with Crippen LogP contribution in [-0.4, -0.2) is 29.5 Å². The van der Waals surface area contributed by atoms with Crippen LogP contribution in [0.4, 0.5) is 0 Å². The number of para-hydroxylation sites is 4. The quantitative estimate of drug-likeness (QED) is 0.129. The summed E-state index contributed by atoms with van der Waals surface area (Å²) in [4.78, 5) is 35.8. The van der Waals surface area contributed by atoms with Crippen LogP contribution in [0, 0.1) is 13.8 Å². The van der Waals surface area contributed by atoms with Gasteiger partial charge >= 0.3 is 0 Å². The highest BCUT2D eigenvalue weighted by molar-refractivity contribution is 5.89. The molecule has 0 aliphatic carbocycles. The number of nitrogens with zero attached hydrogens (tertiary/aromatic N) is 2. The Balaban J connectivity index is 1.24. The minimum atomic E-state index is -0.642. The van der Waals surface area contributed by atoms with Crippen LogP contribution in [0.5, 0.6) is 0 Å². The summed E-state index contributed by atoms with van der Waals surface area (Å²) >= 11 is 0. The van der Waals surface area contributed by atoms with Crippen molar-refractivity contribution < 1.29 is 0 Å². The minimum absolute atomic E-state index is 0.0894. The molecule has 0 unspecified atom stereocenters. The number of benzene rings is 5. The van der Waals surface area contributed by atoms with Crippen LogP contribution >= 0.6 is 0 Å². The standard InChI is InChI=1S/C44H36N6O2/c1-27-39(43(51)49(47-27)31-13-5-3-6-14-31)42(40-28(2)48-50(44(40)52)32-15-7-4-8-16-32)30-23-21-29(22-24-30)41(35-25-45-37-19-11-9-17-33(35)37)36-26-46-38-20-12-10-18-34(36)38/h3-26,41-42,45-48H,1-2H3. The van der Waals surface area contributed by atoms with Gasteiger partial charge in [-0.1, -0.05) is 97.1 Å². The summed E-state index contributed by atoms with van der Waals surface area (Å²) < 4.78 is 3.13. The Morgan fingerprint density at radius 1 is 0.462 bits per heavy atom. The highest BCUT2D eigenvalue weighted by atomic mass is 16.1. The largest absolute Gasteiger partial charge is 0.361 e. The Bertz CT molecular complexity index is 2640. The van der Waals surface area contributed by atoms with E-state index in [1.807, 2.05) is 86.6 Å². The number of H-pyrrole nitrogens is 4. The lowest BCUT2D eigenvalue weighted by molar-refractivity contribution is 0.830. The first kappa shape index (κ1) is 31.2. The van der Waals surface area contributed by atoms with Gasteiger partial charge in [-0.25, -0.2) is 9.36 Å². The zero-order valence-electron chi connectivity index (χ0n) is 28.7. The van der Waals surface area contributed by atoms with Crippen LogP contribution in [0.1, 0.15) is 56.6 Å². The van der Waals surface area contributed by atoms with E-state index in [0.29, 0.717) is 22.5 Å². The van der Waals surface area contributed by atoms with Crippen molar-refractivity contribution >= 4 is 21.8 Å². The molecular formula is C44H36N6O2. The molecule has 0 amide bonds. The van der Waals surface area contributed by atoms with E-state index in [0.717, 1.165) is 44.3 Å². The second-order valence-electron chi connectivity index (χ2n) is 13.4. The normalized spacial score (nSPS) is 11.8. The van der Waals surface area contributed by atoms with Gasteiger partial charge in [0.15, 0.2) is 0 Å². The molecule has 0 fully saturated rings. The number of aryl methyl sites for hydroxylation is 2. The Morgan fingerprint density at radius 2 is 0.846 bits per heavy atom. The maximum Gasteiger partial charge on any atom is 0.275 e. The van der Waals surface area contributed by atoms with Gasteiger partial charge in [0.05, 0.1) is 22.5 Å². The first-order valence-corrected chi connectivity index (χ1v) is 17.4. The second kappa shape index (κ2) is 12.5. The SMILES string of the molecule is Cc1[nH]n(-c2ccccc2)c(=O)c1C(c1ccc(C(c2c[nH]c3ccccc23)c2c[nH]c3ccccc23)cc1)c1c(C)[nH]n(-c2ccccc2)c1=O. The fourth-order valence-corrected chi connectivity index (χ4v) is 7.87. The van der Waals surface area contributed by atoms with Crippen molar-refractivity contribution in [1.82, 2.24) is 29.5 Å². The molecule has 0 aliphatic rings. The molecule has 0 atom stereocenters. The van der Waals surface area contributed by atoms with Gasteiger partial charge in [-0.2, -0.15) is 0 Å². The van der Waals surface area contributed by atoms with Gasteiger partial charge in [-0.3, -0.25) is 19.8 Å². The lowest BCUT2D eigenvalue weighted by atomic mass is 9.81. The number of aromatic nitrogens is 6. The molecule has 8 heteroatoms. The third-order valence-electron chi connectivity index (χ3n) is 10.3. The van der Waals surface area contributed by atoms with Crippen LogP contribution in [0.2, 0.25) is 0 Å². The molecular weight excluding hydrogens is 645 g/mol. The Morgan fingerprint density at radius 3 is 1.29 bits per heavy atom. The second-order valence-corrected chi connectivity index (χ2v) is 13.4. The summed E-state index contributed by atoms with van der Waals surface area (Å²) in [6.07, 6.45) is 4.22. The van der Waals surface area contributed by atoms with E-state index < -0.39 is 5.92 Å². The third kappa shape index (κ3) is 5.07. The van der Waals surface area contributed by atoms with E-state index in [1.54, 1.807) is 9.36 Å². The first-order valence-electron chi connectivity index (χ1n) is 17.4. The molecule has 52 heavy (non-hydrogen) atoms. The highest BCUT2D eigenvalue weighted by Crippen LogP contribution is 2.41. The average molecular weight is 681 g/mol. The van der Waals surface area contributed by atoms with E-state index in [4.69, 9.17) is 0 Å². The molecule has 9 aromatic rings. The van der Waals surface area contributed by atoms with Gasteiger partial charge in [0, 0.05) is 57.4 Å². The molecule has 0 radical (unpaired) electrons. The summed E-state index contributed by atoms with van der Waals surface area (Å²) in [5.41, 5.74) is 9.95. The number of aromatic amines is 4. The number of nitrogens with one attached hydrogen (secondary N) is 4. The molecule has 5 aromatic carbocycles. The minimum Gasteiger partial charge on any atom is -0.361 e. The predicted molar refractivity (Wildman–Crippen MR) is 207 cm³/mol. The number of fused-ring (bicyclic) bond motifs is 2. The highest BCUT2D eigenvalue weighted by Gasteiger charge is 2.31. The summed E-state index contributed by atoms with van der Waals surface area (Å²) in [5.74, 6) is -0.732. The van der Waals surface area contributed by atoms with Crippen molar-refractivity contribution in [3.8, 4) is 11.4 Å². The van der Waals surface area contributed by atoms with Gasteiger partial charge in [0.2, 0.25) is 0 Å². The van der Waals surface area contributed by atoms with Crippen LogP contribution in [0.3, 0.4) is 0 Å². The molecule has 4 aromatic heterocycles. The fourth-order valence-electron chi connectivity index (χ4n) is 7.87. The van der Waals surface area contributed by atoms with Gasteiger partial charge < -0.3 is 9.97 Å². The number of hydrogen-bond acceptors (Lipinski definition) is 2. The van der Waals surface area contributed by atoms with E-state index >= 15 is 0 Å². The Kier molecular flexibility index (Phi) is 7.51. The van der Waals surface area contributed by atoms with E-state index in [-0.39, 0.29) is 17.0 Å². The first-order chi connectivity index (χ1) is 25.5. The van der Waals surface area contributed by atoms with E-state index in [2.05, 4.69) is 93.2 Å². The summed E-state index contributed by atoms with van der Waals surface area (Å²) in [6.45, 7) is 3.80. The topological polar surface area (TPSA) is 107 Å². The molecule has 9 rings (SSSR count). The van der Waals surface area contributed by atoms with Crippen molar-refractivity contribution in [3.63, 3.8) is 0 Å². The van der Waals surface area contributed by atoms with Gasteiger partial charge in [-0.15, -0.1) is 0 Å². The molecule has 0 saturated carbocycles.